The third-order valence-electron chi connectivity index (χ3n) is 3.34. The van der Waals surface area contributed by atoms with Crippen LogP contribution in [0.25, 0.3) is 10.9 Å². The van der Waals surface area contributed by atoms with Gasteiger partial charge in [0.15, 0.2) is 0 Å². The first-order chi connectivity index (χ1) is 11.6. The molecule has 0 saturated carbocycles. The molecular formula is C15H20N8O. The molecule has 0 atom stereocenters. The Morgan fingerprint density at radius 1 is 1.17 bits per heavy atom. The van der Waals surface area contributed by atoms with Crippen LogP contribution in [0.4, 0.5) is 17.6 Å². The maximum atomic E-state index is 5.15. The summed E-state index contributed by atoms with van der Waals surface area (Å²) in [5, 5.41) is 14.3. The number of nitrogens with one attached hydrogen (secondary N) is 3. The van der Waals surface area contributed by atoms with Gasteiger partial charge in [0.2, 0.25) is 11.9 Å². The molecule has 9 heteroatoms. The van der Waals surface area contributed by atoms with E-state index < -0.39 is 0 Å². The molecule has 2 aromatic heterocycles. The van der Waals surface area contributed by atoms with E-state index in [1.54, 1.807) is 6.20 Å². The van der Waals surface area contributed by atoms with Crippen LogP contribution in [0.1, 0.15) is 0 Å². The molecule has 3 N–H and O–H groups in total. The first-order valence-corrected chi connectivity index (χ1v) is 7.53. The number of H-pyrrole nitrogens is 1. The Balaban J connectivity index is 1.78. The maximum Gasteiger partial charge on any atom is 0.322 e. The van der Waals surface area contributed by atoms with Crippen LogP contribution in [0, 0.1) is 0 Å². The maximum absolute atomic E-state index is 5.15. The van der Waals surface area contributed by atoms with E-state index in [1.165, 1.54) is 7.11 Å². The summed E-state index contributed by atoms with van der Waals surface area (Å²) < 4.78 is 5.15. The number of likely N-dealkylation sites (N-methyl/N-ethyl adjacent to an activating group) is 1. The zero-order valence-corrected chi connectivity index (χ0v) is 13.9. The van der Waals surface area contributed by atoms with Crippen molar-refractivity contribution in [2.24, 2.45) is 0 Å². The molecule has 9 nitrogen and oxygen atoms in total. The van der Waals surface area contributed by atoms with Crippen molar-refractivity contribution in [1.82, 2.24) is 30.0 Å². The molecule has 0 bridgehead atoms. The number of hydrogen-bond donors (Lipinski definition) is 3. The summed E-state index contributed by atoms with van der Waals surface area (Å²) in [6, 6.07) is 6.09. The van der Waals surface area contributed by atoms with Gasteiger partial charge in [0, 0.05) is 24.2 Å². The van der Waals surface area contributed by atoms with Crippen molar-refractivity contribution in [2.45, 2.75) is 0 Å². The van der Waals surface area contributed by atoms with Crippen molar-refractivity contribution in [3.05, 3.63) is 24.4 Å². The van der Waals surface area contributed by atoms with Gasteiger partial charge < -0.3 is 20.3 Å². The lowest BCUT2D eigenvalue weighted by atomic mass is 10.2. The molecule has 24 heavy (non-hydrogen) atoms. The van der Waals surface area contributed by atoms with Crippen molar-refractivity contribution < 1.29 is 4.74 Å². The van der Waals surface area contributed by atoms with E-state index >= 15 is 0 Å². The van der Waals surface area contributed by atoms with Crippen molar-refractivity contribution >= 4 is 28.5 Å². The topological polar surface area (TPSA) is 104 Å². The highest BCUT2D eigenvalue weighted by atomic mass is 16.5. The number of benzene rings is 1. The van der Waals surface area contributed by atoms with Gasteiger partial charge in [-0.05, 0) is 32.3 Å². The Hall–Kier alpha value is -2.94. The average Bonchev–Trinajstić information content (AvgIpc) is 3.02. The molecule has 0 spiro atoms. The molecule has 0 amide bonds. The summed E-state index contributed by atoms with van der Waals surface area (Å²) in [7, 11) is 5.55. The van der Waals surface area contributed by atoms with Gasteiger partial charge in [-0.15, -0.1) is 0 Å². The number of rotatable bonds is 7. The first kappa shape index (κ1) is 15.9. The number of methoxy groups -OCH3 is 1. The van der Waals surface area contributed by atoms with Gasteiger partial charge >= 0.3 is 6.01 Å². The Kier molecular flexibility index (Phi) is 4.71. The van der Waals surface area contributed by atoms with Crippen molar-refractivity contribution in [3.63, 3.8) is 0 Å². The van der Waals surface area contributed by atoms with Crippen molar-refractivity contribution in [1.29, 1.82) is 0 Å². The smallest absolute Gasteiger partial charge is 0.322 e. The molecule has 0 fully saturated rings. The summed E-state index contributed by atoms with van der Waals surface area (Å²) in [6.45, 7) is 1.59. The first-order valence-electron chi connectivity index (χ1n) is 7.53. The van der Waals surface area contributed by atoms with Gasteiger partial charge in [-0.1, -0.05) is 0 Å². The zero-order chi connectivity index (χ0) is 16.9. The van der Waals surface area contributed by atoms with E-state index in [0.29, 0.717) is 11.9 Å². The third kappa shape index (κ3) is 3.87. The summed E-state index contributed by atoms with van der Waals surface area (Å²) in [5.74, 6) is 0.882. The third-order valence-corrected chi connectivity index (χ3v) is 3.34. The largest absolute Gasteiger partial charge is 0.467 e. The minimum Gasteiger partial charge on any atom is -0.467 e. The number of aromatic nitrogens is 5. The normalized spacial score (nSPS) is 11.0. The van der Waals surface area contributed by atoms with Crippen LogP contribution in [0.5, 0.6) is 6.01 Å². The quantitative estimate of drug-likeness (QED) is 0.599. The van der Waals surface area contributed by atoms with E-state index in [9.17, 15) is 0 Å². The molecule has 0 aliphatic carbocycles. The van der Waals surface area contributed by atoms with E-state index in [0.717, 1.165) is 29.7 Å². The fourth-order valence-corrected chi connectivity index (χ4v) is 2.12. The number of ether oxygens (including phenoxy) is 1. The molecular weight excluding hydrogens is 308 g/mol. The molecule has 0 radical (unpaired) electrons. The van der Waals surface area contributed by atoms with Gasteiger partial charge in [-0.25, -0.2) is 0 Å². The number of aromatic amines is 1. The van der Waals surface area contributed by atoms with E-state index in [2.05, 4.69) is 40.7 Å². The average molecular weight is 328 g/mol. The number of fused-ring (bicyclic) bond motifs is 1. The van der Waals surface area contributed by atoms with Crippen LogP contribution in [0.15, 0.2) is 24.4 Å². The lowest BCUT2D eigenvalue weighted by molar-refractivity contribution is 0.379. The summed E-state index contributed by atoms with van der Waals surface area (Å²) in [4.78, 5) is 14.9. The van der Waals surface area contributed by atoms with Gasteiger partial charge in [-0.2, -0.15) is 20.1 Å². The number of anilines is 3. The molecule has 3 rings (SSSR count). The second-order valence-electron chi connectivity index (χ2n) is 5.50. The highest BCUT2D eigenvalue weighted by Crippen LogP contribution is 2.20. The Labute approximate surface area is 139 Å². The molecule has 126 valence electrons. The van der Waals surface area contributed by atoms with Gasteiger partial charge in [0.1, 0.15) is 0 Å². The van der Waals surface area contributed by atoms with Crippen molar-refractivity contribution in [3.8, 4) is 6.01 Å². The molecule has 0 aliphatic rings. The zero-order valence-electron chi connectivity index (χ0n) is 13.9. The highest BCUT2D eigenvalue weighted by Gasteiger charge is 2.08. The Bertz CT molecular complexity index is 816. The Morgan fingerprint density at radius 3 is 2.79 bits per heavy atom. The summed E-state index contributed by atoms with van der Waals surface area (Å²) in [6.07, 6.45) is 1.77. The minimum absolute atomic E-state index is 0.254. The summed E-state index contributed by atoms with van der Waals surface area (Å²) in [5.41, 5.74) is 1.83. The van der Waals surface area contributed by atoms with Crippen molar-refractivity contribution in [2.75, 3.05) is 44.9 Å². The number of hydrogen-bond acceptors (Lipinski definition) is 8. The number of nitrogens with zero attached hydrogens (tertiary/aromatic N) is 5. The second-order valence-corrected chi connectivity index (χ2v) is 5.50. The Morgan fingerprint density at radius 2 is 2.00 bits per heavy atom. The van der Waals surface area contributed by atoms with Crippen LogP contribution in [0.2, 0.25) is 0 Å². The lowest BCUT2D eigenvalue weighted by Gasteiger charge is -2.12. The lowest BCUT2D eigenvalue weighted by Crippen LogP contribution is -2.21. The molecule has 0 aliphatic heterocycles. The molecule has 1 aromatic carbocycles. The fraction of sp³-hybridized carbons (Fsp3) is 0.333. The molecule has 2 heterocycles. The molecule has 0 unspecified atom stereocenters. The summed E-state index contributed by atoms with van der Waals surface area (Å²) >= 11 is 0. The minimum atomic E-state index is 0.254. The van der Waals surface area contributed by atoms with E-state index in [4.69, 9.17) is 4.74 Å². The second kappa shape index (κ2) is 7.09. The van der Waals surface area contributed by atoms with E-state index in [-0.39, 0.29) is 6.01 Å². The van der Waals surface area contributed by atoms with Crippen LogP contribution < -0.4 is 15.4 Å². The predicted molar refractivity (Wildman–Crippen MR) is 92.8 cm³/mol. The SMILES string of the molecule is COc1nc(NCCN(C)C)nc(Nc2ccc3[nH]ncc3c2)n1. The predicted octanol–water partition coefficient (Wildman–Crippen LogP) is 1.47. The molecule has 0 saturated heterocycles. The van der Waals surface area contributed by atoms with Crippen LogP contribution in [-0.2, 0) is 0 Å². The molecule has 3 aromatic rings. The van der Waals surface area contributed by atoms with Gasteiger partial charge in [0.05, 0.1) is 18.8 Å². The van der Waals surface area contributed by atoms with Gasteiger partial charge in [-0.3, -0.25) is 5.10 Å². The van der Waals surface area contributed by atoms with Crippen LogP contribution >= 0.6 is 0 Å². The monoisotopic (exact) mass is 328 g/mol. The van der Waals surface area contributed by atoms with Crippen LogP contribution in [-0.4, -0.2) is 64.3 Å². The fourth-order valence-electron chi connectivity index (χ4n) is 2.12. The van der Waals surface area contributed by atoms with Crippen LogP contribution in [0.3, 0.4) is 0 Å². The highest BCUT2D eigenvalue weighted by molar-refractivity contribution is 5.82. The standard InChI is InChI=1S/C15H20N8O/c1-23(2)7-6-16-13-19-14(21-15(20-13)24-3)18-11-4-5-12-10(8-11)9-17-22-12/h4-5,8-9H,6-7H2,1-3H3,(H,17,22)(H2,16,18,19,20,21). The van der Waals surface area contributed by atoms with Gasteiger partial charge in [0.25, 0.3) is 0 Å². The van der Waals surface area contributed by atoms with E-state index in [1.807, 2.05) is 32.3 Å².